The Morgan fingerprint density at radius 3 is 2.79 bits per heavy atom. The predicted molar refractivity (Wildman–Crippen MR) is 69.8 cm³/mol. The quantitative estimate of drug-likeness (QED) is 0.631. The number of ether oxygens (including phenoxy) is 1. The van der Waals surface area contributed by atoms with Gasteiger partial charge in [0, 0.05) is 16.7 Å². The molecular weight excluding hydrogens is 319 g/mol. The van der Waals surface area contributed by atoms with E-state index in [1.165, 1.54) is 24.4 Å². The molecule has 19 heavy (non-hydrogen) atoms. The molecule has 0 amide bonds. The minimum absolute atomic E-state index is 0.0516. The SMILES string of the molecule is Cc1ccc(Oc2ncc(Br)cc2F)c([N+](=O)[O-])c1. The average Bonchev–Trinajstić information content (AvgIpc) is 2.34. The Morgan fingerprint density at radius 2 is 2.16 bits per heavy atom. The summed E-state index contributed by atoms with van der Waals surface area (Å²) in [6.07, 6.45) is 1.35. The molecule has 0 radical (unpaired) electrons. The molecule has 0 aliphatic heterocycles. The lowest BCUT2D eigenvalue weighted by atomic mass is 10.2. The third-order valence-corrected chi connectivity index (χ3v) is 2.73. The topological polar surface area (TPSA) is 65.3 Å². The number of pyridine rings is 1. The van der Waals surface area contributed by atoms with Gasteiger partial charge in [-0.1, -0.05) is 6.07 Å². The zero-order valence-corrected chi connectivity index (χ0v) is 11.3. The number of nitrogens with zero attached hydrogens (tertiary/aromatic N) is 2. The van der Waals surface area contributed by atoms with E-state index in [4.69, 9.17) is 4.74 Å². The summed E-state index contributed by atoms with van der Waals surface area (Å²) in [6, 6.07) is 5.57. The molecule has 2 aromatic rings. The van der Waals surface area contributed by atoms with Crippen molar-refractivity contribution in [2.45, 2.75) is 6.92 Å². The van der Waals surface area contributed by atoms with Gasteiger partial charge in [0.15, 0.2) is 5.82 Å². The Kier molecular flexibility index (Phi) is 3.75. The van der Waals surface area contributed by atoms with E-state index in [-0.39, 0.29) is 17.3 Å². The Morgan fingerprint density at radius 1 is 1.42 bits per heavy atom. The van der Waals surface area contributed by atoms with E-state index >= 15 is 0 Å². The first-order valence-electron chi connectivity index (χ1n) is 5.21. The van der Waals surface area contributed by atoms with E-state index in [1.807, 2.05) is 0 Å². The van der Waals surface area contributed by atoms with Crippen LogP contribution in [-0.2, 0) is 0 Å². The minimum atomic E-state index is -0.704. The second kappa shape index (κ2) is 5.31. The van der Waals surface area contributed by atoms with Gasteiger partial charge in [-0.15, -0.1) is 0 Å². The van der Waals surface area contributed by atoms with E-state index in [0.29, 0.717) is 10.0 Å². The van der Waals surface area contributed by atoms with Gasteiger partial charge in [0.1, 0.15) is 0 Å². The van der Waals surface area contributed by atoms with Crippen molar-refractivity contribution in [3.05, 3.63) is 56.4 Å². The van der Waals surface area contributed by atoms with Crippen LogP contribution in [0, 0.1) is 22.9 Å². The van der Waals surface area contributed by atoms with Gasteiger partial charge in [-0.3, -0.25) is 10.1 Å². The molecule has 1 aromatic carbocycles. The van der Waals surface area contributed by atoms with Gasteiger partial charge >= 0.3 is 5.69 Å². The molecule has 1 aromatic heterocycles. The van der Waals surface area contributed by atoms with Crippen molar-refractivity contribution in [3.8, 4) is 11.6 Å². The van der Waals surface area contributed by atoms with Crippen LogP contribution in [0.15, 0.2) is 34.9 Å². The van der Waals surface area contributed by atoms with Crippen molar-refractivity contribution in [2.24, 2.45) is 0 Å². The van der Waals surface area contributed by atoms with Crippen molar-refractivity contribution in [1.29, 1.82) is 0 Å². The summed E-state index contributed by atoms with van der Waals surface area (Å²) in [5.74, 6) is -1.07. The van der Waals surface area contributed by atoms with E-state index in [9.17, 15) is 14.5 Å². The van der Waals surface area contributed by atoms with Crippen molar-refractivity contribution < 1.29 is 14.1 Å². The molecule has 0 atom stereocenters. The maximum atomic E-state index is 13.6. The van der Waals surface area contributed by atoms with Gasteiger partial charge in [0.25, 0.3) is 5.88 Å². The number of aromatic nitrogens is 1. The maximum absolute atomic E-state index is 13.6. The van der Waals surface area contributed by atoms with Crippen LogP contribution in [0.4, 0.5) is 10.1 Å². The van der Waals surface area contributed by atoms with E-state index in [2.05, 4.69) is 20.9 Å². The molecular formula is C12H8BrFN2O3. The van der Waals surface area contributed by atoms with Gasteiger partial charge in [0.05, 0.1) is 4.92 Å². The molecule has 5 nitrogen and oxygen atoms in total. The summed E-state index contributed by atoms with van der Waals surface area (Å²) in [7, 11) is 0. The smallest absolute Gasteiger partial charge is 0.311 e. The minimum Gasteiger partial charge on any atom is -0.429 e. The van der Waals surface area contributed by atoms with Crippen molar-refractivity contribution in [2.75, 3.05) is 0 Å². The third kappa shape index (κ3) is 3.05. The Bertz CT molecular complexity index is 649. The van der Waals surface area contributed by atoms with E-state index in [0.717, 1.165) is 0 Å². The predicted octanol–water partition coefficient (Wildman–Crippen LogP) is 3.99. The standard InChI is InChI=1S/C12H8BrFN2O3/c1-7-2-3-11(10(4-7)16(17)18)19-12-9(14)5-8(13)6-15-12/h2-6H,1H3. The summed E-state index contributed by atoms with van der Waals surface area (Å²) in [5.41, 5.74) is 0.479. The van der Waals surface area contributed by atoms with Crippen LogP contribution in [-0.4, -0.2) is 9.91 Å². The molecule has 0 spiro atoms. The van der Waals surface area contributed by atoms with Crippen LogP contribution in [0.1, 0.15) is 5.56 Å². The number of aryl methyl sites for hydroxylation is 1. The second-order valence-electron chi connectivity index (χ2n) is 3.77. The molecule has 0 fully saturated rings. The van der Waals surface area contributed by atoms with Gasteiger partial charge in [0.2, 0.25) is 5.75 Å². The number of rotatable bonds is 3. The number of halogens is 2. The van der Waals surface area contributed by atoms with Crippen LogP contribution in [0.3, 0.4) is 0 Å². The summed E-state index contributed by atoms with van der Waals surface area (Å²) >= 11 is 3.06. The fourth-order valence-corrected chi connectivity index (χ4v) is 1.74. The molecule has 0 saturated carbocycles. The number of hydrogen-bond acceptors (Lipinski definition) is 4. The van der Waals surface area contributed by atoms with E-state index < -0.39 is 10.7 Å². The highest BCUT2D eigenvalue weighted by Crippen LogP contribution is 2.32. The molecule has 1 heterocycles. The van der Waals surface area contributed by atoms with Gasteiger partial charge in [-0.2, -0.15) is 0 Å². The highest BCUT2D eigenvalue weighted by atomic mass is 79.9. The molecule has 0 unspecified atom stereocenters. The van der Waals surface area contributed by atoms with Crippen LogP contribution in [0.2, 0.25) is 0 Å². The lowest BCUT2D eigenvalue weighted by molar-refractivity contribution is -0.385. The fourth-order valence-electron chi connectivity index (χ4n) is 1.44. The van der Waals surface area contributed by atoms with Crippen LogP contribution in [0.5, 0.6) is 11.6 Å². The number of nitro benzene ring substituents is 1. The summed E-state index contributed by atoms with van der Waals surface area (Å²) in [4.78, 5) is 14.1. The van der Waals surface area contributed by atoms with Crippen molar-refractivity contribution in [3.63, 3.8) is 0 Å². The monoisotopic (exact) mass is 326 g/mol. The highest BCUT2D eigenvalue weighted by molar-refractivity contribution is 9.10. The Balaban J connectivity index is 2.40. The average molecular weight is 327 g/mol. The lowest BCUT2D eigenvalue weighted by Crippen LogP contribution is -1.97. The lowest BCUT2D eigenvalue weighted by Gasteiger charge is -2.06. The molecule has 0 aliphatic rings. The van der Waals surface area contributed by atoms with Crippen molar-refractivity contribution in [1.82, 2.24) is 4.98 Å². The second-order valence-corrected chi connectivity index (χ2v) is 4.69. The van der Waals surface area contributed by atoms with Gasteiger partial charge < -0.3 is 4.74 Å². The zero-order valence-electron chi connectivity index (χ0n) is 9.76. The molecule has 7 heteroatoms. The van der Waals surface area contributed by atoms with Crippen molar-refractivity contribution >= 4 is 21.6 Å². The first kappa shape index (κ1) is 13.4. The molecule has 98 valence electrons. The Labute approximate surface area is 116 Å². The first-order chi connectivity index (χ1) is 8.97. The maximum Gasteiger partial charge on any atom is 0.311 e. The molecule has 0 N–H and O–H groups in total. The molecule has 2 rings (SSSR count). The normalized spacial score (nSPS) is 10.3. The van der Waals surface area contributed by atoms with Crippen LogP contribution >= 0.6 is 15.9 Å². The summed E-state index contributed by atoms with van der Waals surface area (Å²) in [5, 5.41) is 10.9. The van der Waals surface area contributed by atoms with Crippen LogP contribution in [0.25, 0.3) is 0 Å². The van der Waals surface area contributed by atoms with E-state index in [1.54, 1.807) is 13.0 Å². The number of benzene rings is 1. The molecule has 0 bridgehead atoms. The zero-order chi connectivity index (χ0) is 14.0. The third-order valence-electron chi connectivity index (χ3n) is 2.29. The van der Waals surface area contributed by atoms with Gasteiger partial charge in [-0.25, -0.2) is 9.37 Å². The number of nitro groups is 1. The molecule has 0 aliphatic carbocycles. The fraction of sp³-hybridized carbons (Fsp3) is 0.0833. The first-order valence-corrected chi connectivity index (χ1v) is 6.00. The highest BCUT2D eigenvalue weighted by Gasteiger charge is 2.18. The number of hydrogen-bond donors (Lipinski definition) is 0. The van der Waals surface area contributed by atoms with Crippen LogP contribution < -0.4 is 4.74 Å². The molecule has 0 saturated heterocycles. The Hall–Kier alpha value is -2.02. The summed E-state index contributed by atoms with van der Waals surface area (Å²) in [6.45, 7) is 1.72. The summed E-state index contributed by atoms with van der Waals surface area (Å²) < 4.78 is 19.2. The largest absolute Gasteiger partial charge is 0.429 e. The van der Waals surface area contributed by atoms with Gasteiger partial charge in [-0.05, 0) is 40.5 Å².